The van der Waals surface area contributed by atoms with Crippen molar-refractivity contribution >= 4 is 5.97 Å². The van der Waals surface area contributed by atoms with Crippen LogP contribution >= 0.6 is 0 Å². The highest BCUT2D eigenvalue weighted by molar-refractivity contribution is 5.89. The first kappa shape index (κ1) is 10.1. The van der Waals surface area contributed by atoms with Gasteiger partial charge in [0.05, 0.1) is 0 Å². The van der Waals surface area contributed by atoms with Gasteiger partial charge in [0.25, 0.3) is 0 Å². The maximum Gasteiger partial charge on any atom is 0.374 e. The second kappa shape index (κ2) is 4.30. The molecule has 1 heterocycles. The van der Waals surface area contributed by atoms with E-state index in [4.69, 9.17) is 4.74 Å². The summed E-state index contributed by atoms with van der Waals surface area (Å²) >= 11 is 0. The predicted molar refractivity (Wildman–Crippen MR) is 49.4 cm³/mol. The molecular formula is C10H16O3. The Morgan fingerprint density at radius 2 is 2.08 bits per heavy atom. The van der Waals surface area contributed by atoms with Gasteiger partial charge in [-0.05, 0) is 12.8 Å². The number of rotatable bonds is 4. The van der Waals surface area contributed by atoms with Gasteiger partial charge in [0, 0.05) is 5.57 Å². The number of ether oxygens (including phenoxy) is 1. The molecule has 1 unspecified atom stereocenters. The summed E-state index contributed by atoms with van der Waals surface area (Å²) in [5.41, 5.74) is 0.786. The Morgan fingerprint density at radius 3 is 2.62 bits per heavy atom. The lowest BCUT2D eigenvalue weighted by Crippen LogP contribution is -2.11. The minimum absolute atomic E-state index is 0.152. The number of esters is 1. The van der Waals surface area contributed by atoms with E-state index in [9.17, 15) is 9.90 Å². The van der Waals surface area contributed by atoms with Gasteiger partial charge in [-0.2, -0.15) is 0 Å². The molecule has 0 saturated carbocycles. The lowest BCUT2D eigenvalue weighted by molar-refractivity contribution is -0.142. The molecule has 0 fully saturated rings. The highest BCUT2D eigenvalue weighted by atomic mass is 16.6. The molecule has 13 heavy (non-hydrogen) atoms. The Bertz CT molecular complexity index is 230. The van der Waals surface area contributed by atoms with Crippen LogP contribution in [0.25, 0.3) is 0 Å². The number of cyclic esters (lactones) is 1. The molecular weight excluding hydrogens is 168 g/mol. The monoisotopic (exact) mass is 184 g/mol. The van der Waals surface area contributed by atoms with Crippen LogP contribution in [0.15, 0.2) is 11.3 Å². The Kier molecular flexibility index (Phi) is 3.34. The van der Waals surface area contributed by atoms with Gasteiger partial charge in [-0.15, -0.1) is 0 Å². The summed E-state index contributed by atoms with van der Waals surface area (Å²) in [5, 5.41) is 9.39. The molecule has 1 N–H and O–H groups in total. The molecule has 0 aromatic carbocycles. The molecule has 0 radical (unpaired) electrons. The number of carbonyl (C=O) groups excluding carboxylic acids is 1. The number of hydrogen-bond donors (Lipinski definition) is 1. The van der Waals surface area contributed by atoms with E-state index in [1.807, 2.05) is 13.8 Å². The number of aliphatic hydroxyl groups excluding tert-OH is 1. The Labute approximate surface area is 78.4 Å². The molecule has 0 amide bonds. The van der Waals surface area contributed by atoms with E-state index < -0.39 is 5.97 Å². The molecule has 1 aliphatic rings. The third kappa shape index (κ3) is 2.02. The van der Waals surface area contributed by atoms with Crippen LogP contribution in [0.5, 0.6) is 0 Å². The average molecular weight is 184 g/mol. The van der Waals surface area contributed by atoms with Crippen LogP contribution in [-0.2, 0) is 9.53 Å². The smallest absolute Gasteiger partial charge is 0.374 e. The molecule has 0 aliphatic carbocycles. The maximum atomic E-state index is 11.0. The minimum atomic E-state index is -0.554. The van der Waals surface area contributed by atoms with E-state index in [1.54, 1.807) is 0 Å². The third-order valence-corrected chi connectivity index (χ3v) is 2.21. The van der Waals surface area contributed by atoms with Crippen molar-refractivity contribution in [3.63, 3.8) is 0 Å². The molecule has 0 bridgehead atoms. The van der Waals surface area contributed by atoms with Crippen molar-refractivity contribution in [1.82, 2.24) is 0 Å². The standard InChI is InChI=1S/C10H16O3/c1-3-5-7-8(6-4-2)13-10(12)9(7)11/h8,11H,3-6H2,1-2H3. The third-order valence-electron chi connectivity index (χ3n) is 2.21. The summed E-state index contributed by atoms with van der Waals surface area (Å²) in [6, 6.07) is 0. The Balaban J connectivity index is 2.73. The zero-order valence-electron chi connectivity index (χ0n) is 8.17. The van der Waals surface area contributed by atoms with E-state index >= 15 is 0 Å². The summed E-state index contributed by atoms with van der Waals surface area (Å²) in [5.74, 6) is -0.706. The molecule has 0 spiro atoms. The molecule has 0 aromatic rings. The van der Waals surface area contributed by atoms with Gasteiger partial charge in [-0.3, -0.25) is 0 Å². The fourth-order valence-corrected chi connectivity index (χ4v) is 1.58. The van der Waals surface area contributed by atoms with Gasteiger partial charge in [0.1, 0.15) is 6.10 Å². The zero-order valence-corrected chi connectivity index (χ0v) is 8.17. The van der Waals surface area contributed by atoms with Crippen molar-refractivity contribution in [3.05, 3.63) is 11.3 Å². The molecule has 0 aromatic heterocycles. The highest BCUT2D eigenvalue weighted by Crippen LogP contribution is 2.27. The first-order valence-electron chi connectivity index (χ1n) is 4.83. The van der Waals surface area contributed by atoms with E-state index in [-0.39, 0.29) is 11.9 Å². The lowest BCUT2D eigenvalue weighted by atomic mass is 10.0. The van der Waals surface area contributed by atoms with E-state index in [0.29, 0.717) is 0 Å². The first-order valence-corrected chi connectivity index (χ1v) is 4.83. The Morgan fingerprint density at radius 1 is 1.38 bits per heavy atom. The summed E-state index contributed by atoms with van der Waals surface area (Å²) in [4.78, 5) is 11.0. The van der Waals surface area contributed by atoms with Crippen LogP contribution in [-0.4, -0.2) is 17.2 Å². The SMILES string of the molecule is CCCC1=C(O)C(=O)OC1CCC. The minimum Gasteiger partial charge on any atom is -0.502 e. The van der Waals surface area contributed by atoms with Gasteiger partial charge in [-0.25, -0.2) is 4.79 Å². The fourth-order valence-electron chi connectivity index (χ4n) is 1.58. The van der Waals surface area contributed by atoms with Crippen LogP contribution < -0.4 is 0 Å². The van der Waals surface area contributed by atoms with Crippen LogP contribution in [0.1, 0.15) is 39.5 Å². The van der Waals surface area contributed by atoms with Crippen LogP contribution in [0.3, 0.4) is 0 Å². The second-order valence-electron chi connectivity index (χ2n) is 3.31. The molecule has 1 aliphatic heterocycles. The van der Waals surface area contributed by atoms with Gasteiger partial charge in [0.15, 0.2) is 0 Å². The van der Waals surface area contributed by atoms with E-state index in [0.717, 1.165) is 31.3 Å². The first-order chi connectivity index (χ1) is 6.20. The molecule has 0 saturated heterocycles. The summed E-state index contributed by atoms with van der Waals surface area (Å²) in [7, 11) is 0. The molecule has 74 valence electrons. The molecule has 1 rings (SSSR count). The topological polar surface area (TPSA) is 46.5 Å². The highest BCUT2D eigenvalue weighted by Gasteiger charge is 2.32. The average Bonchev–Trinajstić information content (AvgIpc) is 2.34. The summed E-state index contributed by atoms with van der Waals surface area (Å²) in [6.45, 7) is 4.05. The van der Waals surface area contributed by atoms with Crippen molar-refractivity contribution in [2.24, 2.45) is 0 Å². The number of aliphatic hydroxyl groups is 1. The van der Waals surface area contributed by atoms with Crippen molar-refractivity contribution < 1.29 is 14.6 Å². The largest absolute Gasteiger partial charge is 0.502 e. The second-order valence-corrected chi connectivity index (χ2v) is 3.31. The molecule has 3 heteroatoms. The molecule has 3 nitrogen and oxygen atoms in total. The van der Waals surface area contributed by atoms with Crippen molar-refractivity contribution in [2.75, 3.05) is 0 Å². The maximum absolute atomic E-state index is 11.0. The normalized spacial score (nSPS) is 22.3. The summed E-state index contributed by atoms with van der Waals surface area (Å²) in [6.07, 6.45) is 3.28. The molecule has 1 atom stereocenters. The Hall–Kier alpha value is -0.990. The van der Waals surface area contributed by atoms with Crippen LogP contribution in [0.2, 0.25) is 0 Å². The van der Waals surface area contributed by atoms with Gasteiger partial charge in [0.2, 0.25) is 5.76 Å². The van der Waals surface area contributed by atoms with E-state index in [1.165, 1.54) is 0 Å². The number of hydrogen-bond acceptors (Lipinski definition) is 3. The van der Waals surface area contributed by atoms with Crippen molar-refractivity contribution in [1.29, 1.82) is 0 Å². The van der Waals surface area contributed by atoms with E-state index in [2.05, 4.69) is 0 Å². The fraction of sp³-hybridized carbons (Fsp3) is 0.700. The van der Waals surface area contributed by atoms with Crippen molar-refractivity contribution in [2.45, 2.75) is 45.6 Å². The predicted octanol–water partition coefficient (Wildman–Crippen LogP) is 2.32. The van der Waals surface area contributed by atoms with Gasteiger partial charge in [-0.1, -0.05) is 26.7 Å². The zero-order chi connectivity index (χ0) is 9.84. The van der Waals surface area contributed by atoms with Crippen LogP contribution in [0.4, 0.5) is 0 Å². The summed E-state index contributed by atoms with van der Waals surface area (Å²) < 4.78 is 5.02. The van der Waals surface area contributed by atoms with Crippen LogP contribution in [0, 0.1) is 0 Å². The van der Waals surface area contributed by atoms with Gasteiger partial charge < -0.3 is 9.84 Å². The quantitative estimate of drug-likeness (QED) is 0.682. The number of carbonyl (C=O) groups is 1. The van der Waals surface area contributed by atoms with Gasteiger partial charge >= 0.3 is 5.97 Å². The van der Waals surface area contributed by atoms with Crippen molar-refractivity contribution in [3.8, 4) is 0 Å². The lowest BCUT2D eigenvalue weighted by Gasteiger charge is -2.11.